The van der Waals surface area contributed by atoms with E-state index in [1.807, 2.05) is 17.8 Å². The fourth-order valence-electron chi connectivity index (χ4n) is 2.06. The lowest BCUT2D eigenvalue weighted by Crippen LogP contribution is -2.32. The van der Waals surface area contributed by atoms with Gasteiger partial charge in [-0.2, -0.15) is 0 Å². The van der Waals surface area contributed by atoms with Gasteiger partial charge in [0.15, 0.2) is 0 Å². The van der Waals surface area contributed by atoms with Crippen molar-refractivity contribution >= 4 is 0 Å². The molecule has 2 heterocycles. The zero-order chi connectivity index (χ0) is 11.4. The molecule has 2 rings (SSSR count). The van der Waals surface area contributed by atoms with E-state index in [9.17, 15) is 0 Å². The Morgan fingerprint density at radius 2 is 2.06 bits per heavy atom. The maximum atomic E-state index is 5.74. The minimum Gasteiger partial charge on any atom is -0.323 e. The summed E-state index contributed by atoms with van der Waals surface area (Å²) in [5.74, 6) is 0. The molecule has 1 aromatic heterocycles. The van der Waals surface area contributed by atoms with Gasteiger partial charge in [0.2, 0.25) is 0 Å². The van der Waals surface area contributed by atoms with Crippen LogP contribution in [-0.2, 0) is 6.54 Å². The summed E-state index contributed by atoms with van der Waals surface area (Å²) in [7, 11) is 0. The molecule has 5 nitrogen and oxygen atoms in total. The number of rotatable bonds is 4. The lowest BCUT2D eigenvalue weighted by molar-refractivity contribution is 0.217. The highest BCUT2D eigenvalue weighted by Gasteiger charge is 2.10. The van der Waals surface area contributed by atoms with Crippen LogP contribution >= 0.6 is 0 Å². The van der Waals surface area contributed by atoms with Crippen LogP contribution in [0, 0.1) is 0 Å². The Hall–Kier alpha value is -0.940. The largest absolute Gasteiger partial charge is 0.323 e. The van der Waals surface area contributed by atoms with E-state index in [4.69, 9.17) is 5.73 Å². The second-order valence-electron chi connectivity index (χ2n) is 4.60. The third kappa shape index (κ3) is 3.02. The molecular formula is C11H21N5. The zero-order valence-electron chi connectivity index (χ0n) is 9.97. The van der Waals surface area contributed by atoms with Gasteiger partial charge in [-0.25, -0.2) is 0 Å². The van der Waals surface area contributed by atoms with Crippen LogP contribution in [-0.4, -0.2) is 39.5 Å². The number of hydrogen-bond acceptors (Lipinski definition) is 4. The van der Waals surface area contributed by atoms with Crippen molar-refractivity contribution in [3.63, 3.8) is 0 Å². The van der Waals surface area contributed by atoms with E-state index in [1.165, 1.54) is 32.4 Å². The monoisotopic (exact) mass is 223 g/mol. The highest BCUT2D eigenvalue weighted by atomic mass is 15.4. The van der Waals surface area contributed by atoms with E-state index in [0.29, 0.717) is 0 Å². The maximum absolute atomic E-state index is 5.74. The van der Waals surface area contributed by atoms with Gasteiger partial charge < -0.3 is 10.6 Å². The van der Waals surface area contributed by atoms with Gasteiger partial charge in [0.25, 0.3) is 0 Å². The molecule has 90 valence electrons. The van der Waals surface area contributed by atoms with Gasteiger partial charge in [0, 0.05) is 12.6 Å². The second-order valence-corrected chi connectivity index (χ2v) is 4.60. The predicted octanol–water partition coefficient (Wildman–Crippen LogP) is 0.784. The van der Waals surface area contributed by atoms with Crippen molar-refractivity contribution in [2.75, 3.05) is 19.6 Å². The minimum absolute atomic E-state index is 0.0243. The summed E-state index contributed by atoms with van der Waals surface area (Å²) in [4.78, 5) is 2.50. The summed E-state index contributed by atoms with van der Waals surface area (Å²) in [6, 6.07) is -0.0243. The fraction of sp³-hybridized carbons (Fsp3) is 0.818. The Morgan fingerprint density at radius 3 is 2.69 bits per heavy atom. The van der Waals surface area contributed by atoms with Crippen molar-refractivity contribution in [3.05, 3.63) is 11.9 Å². The minimum atomic E-state index is -0.0243. The molecule has 1 unspecified atom stereocenters. The van der Waals surface area contributed by atoms with Gasteiger partial charge in [-0.3, -0.25) is 4.68 Å². The van der Waals surface area contributed by atoms with Crippen molar-refractivity contribution in [2.24, 2.45) is 5.73 Å². The Balaban J connectivity index is 1.79. The van der Waals surface area contributed by atoms with Gasteiger partial charge in [0.05, 0.1) is 18.4 Å². The quantitative estimate of drug-likeness (QED) is 0.819. The van der Waals surface area contributed by atoms with Gasteiger partial charge in [-0.05, 0) is 32.9 Å². The Morgan fingerprint density at radius 1 is 1.31 bits per heavy atom. The molecule has 1 aliphatic rings. The van der Waals surface area contributed by atoms with Crippen LogP contribution in [0.15, 0.2) is 6.20 Å². The molecule has 0 spiro atoms. The molecule has 1 saturated heterocycles. The molecule has 1 aromatic rings. The van der Waals surface area contributed by atoms with Crippen molar-refractivity contribution in [3.8, 4) is 0 Å². The first-order chi connectivity index (χ1) is 7.75. The van der Waals surface area contributed by atoms with Crippen molar-refractivity contribution in [2.45, 2.75) is 38.8 Å². The van der Waals surface area contributed by atoms with Gasteiger partial charge in [-0.15, -0.1) is 5.10 Å². The summed E-state index contributed by atoms with van der Waals surface area (Å²) in [6.07, 6.45) is 6.01. The van der Waals surface area contributed by atoms with E-state index < -0.39 is 0 Å². The number of piperidine rings is 1. The van der Waals surface area contributed by atoms with Crippen molar-refractivity contribution in [1.29, 1.82) is 0 Å². The first kappa shape index (κ1) is 11.5. The van der Waals surface area contributed by atoms with Crippen LogP contribution in [0.5, 0.6) is 0 Å². The van der Waals surface area contributed by atoms with Crippen LogP contribution in [0.25, 0.3) is 0 Å². The molecule has 1 aliphatic heterocycles. The smallest absolute Gasteiger partial charge is 0.0991 e. The van der Waals surface area contributed by atoms with E-state index in [0.717, 1.165) is 18.8 Å². The van der Waals surface area contributed by atoms with Crippen LogP contribution < -0.4 is 5.73 Å². The third-order valence-corrected chi connectivity index (χ3v) is 3.12. The zero-order valence-corrected chi connectivity index (χ0v) is 9.97. The molecule has 0 bridgehead atoms. The summed E-state index contributed by atoms with van der Waals surface area (Å²) >= 11 is 0. The standard InChI is InChI=1S/C11H21N5/c1-10(12)11-9-16(14-13-11)8-7-15-5-3-2-4-6-15/h9-10H,2-8,12H2,1H3. The highest BCUT2D eigenvalue weighted by molar-refractivity contribution is 4.97. The van der Waals surface area contributed by atoms with Crippen molar-refractivity contribution < 1.29 is 0 Å². The lowest BCUT2D eigenvalue weighted by atomic mass is 10.1. The normalized spacial score (nSPS) is 19.9. The molecule has 1 atom stereocenters. The molecular weight excluding hydrogens is 202 g/mol. The van der Waals surface area contributed by atoms with E-state index in [-0.39, 0.29) is 6.04 Å². The van der Waals surface area contributed by atoms with Crippen LogP contribution in [0.1, 0.15) is 37.9 Å². The average molecular weight is 223 g/mol. The summed E-state index contributed by atoms with van der Waals surface area (Å²) in [5, 5.41) is 8.13. The summed E-state index contributed by atoms with van der Waals surface area (Å²) in [5.41, 5.74) is 6.61. The Labute approximate surface area is 96.6 Å². The summed E-state index contributed by atoms with van der Waals surface area (Å²) in [6.45, 7) is 6.38. The molecule has 0 radical (unpaired) electrons. The van der Waals surface area contributed by atoms with Crippen LogP contribution in [0.3, 0.4) is 0 Å². The predicted molar refractivity (Wildman–Crippen MR) is 62.9 cm³/mol. The number of nitrogens with zero attached hydrogens (tertiary/aromatic N) is 4. The number of hydrogen-bond donors (Lipinski definition) is 1. The SMILES string of the molecule is CC(N)c1cn(CCN2CCCCC2)nn1. The second kappa shape index (κ2) is 5.41. The molecule has 0 saturated carbocycles. The van der Waals surface area contributed by atoms with Gasteiger partial charge in [-0.1, -0.05) is 11.6 Å². The molecule has 5 heteroatoms. The molecule has 16 heavy (non-hydrogen) atoms. The third-order valence-electron chi connectivity index (χ3n) is 3.12. The molecule has 0 aromatic carbocycles. The number of likely N-dealkylation sites (tertiary alicyclic amines) is 1. The Kier molecular flexibility index (Phi) is 3.90. The molecule has 0 aliphatic carbocycles. The highest BCUT2D eigenvalue weighted by Crippen LogP contribution is 2.08. The fourth-order valence-corrected chi connectivity index (χ4v) is 2.06. The summed E-state index contributed by atoms with van der Waals surface area (Å²) < 4.78 is 1.90. The van der Waals surface area contributed by atoms with E-state index in [2.05, 4.69) is 15.2 Å². The van der Waals surface area contributed by atoms with Gasteiger partial charge in [0.1, 0.15) is 0 Å². The van der Waals surface area contributed by atoms with Gasteiger partial charge >= 0.3 is 0 Å². The molecule has 0 amide bonds. The first-order valence-electron chi connectivity index (χ1n) is 6.13. The van der Waals surface area contributed by atoms with E-state index in [1.54, 1.807) is 0 Å². The first-order valence-corrected chi connectivity index (χ1v) is 6.13. The number of aromatic nitrogens is 3. The maximum Gasteiger partial charge on any atom is 0.0991 e. The molecule has 1 fully saturated rings. The average Bonchev–Trinajstić information content (AvgIpc) is 2.76. The molecule has 2 N–H and O–H groups in total. The Bertz CT molecular complexity index is 314. The topological polar surface area (TPSA) is 60.0 Å². The van der Waals surface area contributed by atoms with Crippen LogP contribution in [0.2, 0.25) is 0 Å². The van der Waals surface area contributed by atoms with Crippen molar-refractivity contribution in [1.82, 2.24) is 19.9 Å². The van der Waals surface area contributed by atoms with Crippen LogP contribution in [0.4, 0.5) is 0 Å². The lowest BCUT2D eigenvalue weighted by Gasteiger charge is -2.25. The number of nitrogens with two attached hydrogens (primary N) is 1. The van der Waals surface area contributed by atoms with E-state index >= 15 is 0 Å².